The van der Waals surface area contributed by atoms with E-state index in [1.807, 2.05) is 13.8 Å². The summed E-state index contributed by atoms with van der Waals surface area (Å²) in [6, 6.07) is 0. The van der Waals surface area contributed by atoms with Gasteiger partial charge in [-0.25, -0.2) is 0 Å². The van der Waals surface area contributed by atoms with Gasteiger partial charge in [0, 0.05) is 0 Å². The van der Waals surface area contributed by atoms with Crippen molar-refractivity contribution < 1.29 is 0 Å². The highest BCUT2D eigenvalue weighted by molar-refractivity contribution is 7.80. The molecule has 0 aromatic rings. The van der Waals surface area contributed by atoms with Gasteiger partial charge in [0.05, 0.1) is 18.9 Å². The molecule has 3 nitrogen and oxygen atoms in total. The lowest BCUT2D eigenvalue weighted by Gasteiger charge is -2.38. The predicted molar refractivity (Wildman–Crippen MR) is 53.4 cm³/mol. The van der Waals surface area contributed by atoms with Crippen molar-refractivity contribution in [2.24, 2.45) is 0 Å². The smallest absolute Gasteiger partial charge is 0.168 e. The zero-order valence-electron chi connectivity index (χ0n) is 7.35. The average molecular weight is 183 g/mol. The van der Waals surface area contributed by atoms with E-state index in [4.69, 9.17) is 18.6 Å². The van der Waals surface area contributed by atoms with E-state index in [2.05, 4.69) is 21.5 Å². The molecule has 0 aromatic heterocycles. The lowest BCUT2D eigenvalue weighted by atomic mass is 10.1. The van der Waals surface area contributed by atoms with Gasteiger partial charge in [-0.2, -0.15) is 0 Å². The summed E-state index contributed by atoms with van der Waals surface area (Å²) in [5.41, 5.74) is -0.226. The first-order valence-corrected chi connectivity index (χ1v) is 4.21. The summed E-state index contributed by atoms with van der Waals surface area (Å²) < 4.78 is 0. The van der Waals surface area contributed by atoms with Gasteiger partial charge in [0.2, 0.25) is 0 Å². The number of hydrogen-bond acceptors (Lipinski definition) is 2. The molecule has 1 rings (SSSR count). The van der Waals surface area contributed by atoms with Crippen molar-refractivity contribution in [3.05, 3.63) is 0 Å². The zero-order chi connectivity index (χ0) is 9.19. The second-order valence-corrected chi connectivity index (χ2v) is 3.65. The van der Waals surface area contributed by atoms with E-state index in [9.17, 15) is 0 Å². The summed E-state index contributed by atoms with van der Waals surface area (Å²) in [7, 11) is 0. The number of hydrogen-bond donors (Lipinski definition) is 2. The lowest BCUT2D eigenvalue weighted by molar-refractivity contribution is 0.148. The third-order valence-corrected chi connectivity index (χ3v) is 2.29. The normalized spacial score (nSPS) is 19.2. The van der Waals surface area contributed by atoms with Gasteiger partial charge in [-0.05, 0) is 26.1 Å². The SMILES string of the molecule is C#CC(C)(C)N1CNC(=S)NC1. The van der Waals surface area contributed by atoms with Crippen LogP contribution in [0.5, 0.6) is 0 Å². The first-order chi connectivity index (χ1) is 5.56. The fourth-order valence-corrected chi connectivity index (χ4v) is 1.07. The second-order valence-electron chi connectivity index (χ2n) is 3.24. The summed E-state index contributed by atoms with van der Waals surface area (Å²) in [4.78, 5) is 2.10. The van der Waals surface area contributed by atoms with E-state index in [1.165, 1.54) is 0 Å². The molecule has 0 amide bonds. The van der Waals surface area contributed by atoms with Crippen LogP contribution in [0.1, 0.15) is 13.8 Å². The molecule has 0 saturated carbocycles. The Morgan fingerprint density at radius 2 is 2.00 bits per heavy atom. The van der Waals surface area contributed by atoms with Crippen molar-refractivity contribution in [1.82, 2.24) is 15.5 Å². The minimum absolute atomic E-state index is 0.226. The Bertz CT molecular complexity index is 219. The molecule has 0 radical (unpaired) electrons. The Balaban J connectivity index is 2.56. The van der Waals surface area contributed by atoms with Crippen LogP contribution < -0.4 is 10.6 Å². The molecule has 1 fully saturated rings. The predicted octanol–water partition coefficient (Wildman–Crippen LogP) is 0.0929. The molecule has 0 bridgehead atoms. The lowest BCUT2D eigenvalue weighted by Crippen LogP contribution is -2.59. The van der Waals surface area contributed by atoms with Crippen LogP contribution in [0.4, 0.5) is 0 Å². The molecule has 1 aliphatic rings. The van der Waals surface area contributed by atoms with Crippen LogP contribution in [0, 0.1) is 12.3 Å². The third-order valence-electron chi connectivity index (χ3n) is 2.00. The van der Waals surface area contributed by atoms with E-state index in [0.29, 0.717) is 18.4 Å². The minimum Gasteiger partial charge on any atom is -0.350 e. The highest BCUT2D eigenvalue weighted by Gasteiger charge is 2.26. The Kier molecular flexibility index (Phi) is 2.55. The number of nitrogens with zero attached hydrogens (tertiary/aromatic N) is 1. The maximum absolute atomic E-state index is 5.39. The largest absolute Gasteiger partial charge is 0.350 e. The Morgan fingerprint density at radius 1 is 1.50 bits per heavy atom. The quantitative estimate of drug-likeness (QED) is 0.445. The van der Waals surface area contributed by atoms with Crippen molar-refractivity contribution >= 4 is 17.3 Å². The van der Waals surface area contributed by atoms with Gasteiger partial charge in [-0.3, -0.25) is 4.90 Å². The standard InChI is InChI=1S/C8H13N3S/c1-4-8(2,3)11-5-9-7(12)10-6-11/h1H,5-6H2,2-3H3,(H2,9,10,12). The molecule has 1 aliphatic heterocycles. The molecule has 66 valence electrons. The highest BCUT2D eigenvalue weighted by Crippen LogP contribution is 2.11. The molecule has 1 saturated heterocycles. The molecular weight excluding hydrogens is 170 g/mol. The summed E-state index contributed by atoms with van der Waals surface area (Å²) in [5.74, 6) is 2.73. The fraction of sp³-hybridized carbons (Fsp3) is 0.625. The number of thiocarbonyl (C=S) groups is 1. The van der Waals surface area contributed by atoms with Gasteiger partial charge in [0.1, 0.15) is 0 Å². The van der Waals surface area contributed by atoms with Crippen LogP contribution >= 0.6 is 12.2 Å². The van der Waals surface area contributed by atoms with Crippen LogP contribution in [-0.4, -0.2) is 28.9 Å². The van der Waals surface area contributed by atoms with Gasteiger partial charge in [0.25, 0.3) is 0 Å². The molecule has 1 heterocycles. The molecule has 0 atom stereocenters. The molecule has 0 spiro atoms. The van der Waals surface area contributed by atoms with Crippen molar-refractivity contribution in [1.29, 1.82) is 0 Å². The van der Waals surface area contributed by atoms with E-state index >= 15 is 0 Å². The summed E-state index contributed by atoms with van der Waals surface area (Å²) in [6.07, 6.45) is 5.39. The Labute approximate surface area is 78.5 Å². The first-order valence-electron chi connectivity index (χ1n) is 3.81. The first kappa shape index (κ1) is 9.30. The van der Waals surface area contributed by atoms with Crippen LogP contribution in [0.2, 0.25) is 0 Å². The number of terminal acetylenes is 1. The third kappa shape index (κ3) is 1.87. The van der Waals surface area contributed by atoms with Crippen LogP contribution in [0.25, 0.3) is 0 Å². The van der Waals surface area contributed by atoms with Gasteiger partial charge in [-0.15, -0.1) is 6.42 Å². The maximum atomic E-state index is 5.39. The van der Waals surface area contributed by atoms with Crippen LogP contribution in [0.3, 0.4) is 0 Å². The van der Waals surface area contributed by atoms with Crippen LogP contribution in [-0.2, 0) is 0 Å². The topological polar surface area (TPSA) is 27.3 Å². The van der Waals surface area contributed by atoms with E-state index < -0.39 is 0 Å². The number of nitrogens with one attached hydrogen (secondary N) is 2. The van der Waals surface area contributed by atoms with Gasteiger partial charge >= 0.3 is 0 Å². The maximum Gasteiger partial charge on any atom is 0.168 e. The summed E-state index contributed by atoms with van der Waals surface area (Å²) in [6.45, 7) is 5.43. The highest BCUT2D eigenvalue weighted by atomic mass is 32.1. The zero-order valence-corrected chi connectivity index (χ0v) is 8.16. The van der Waals surface area contributed by atoms with Gasteiger partial charge in [-0.1, -0.05) is 5.92 Å². The van der Waals surface area contributed by atoms with Crippen molar-refractivity contribution in [3.8, 4) is 12.3 Å². The minimum atomic E-state index is -0.226. The van der Waals surface area contributed by atoms with E-state index in [1.54, 1.807) is 0 Å². The molecule has 0 unspecified atom stereocenters. The molecule has 2 N–H and O–H groups in total. The molecule has 0 aliphatic carbocycles. The number of rotatable bonds is 1. The van der Waals surface area contributed by atoms with Gasteiger partial charge in [0.15, 0.2) is 5.11 Å². The Morgan fingerprint density at radius 3 is 2.42 bits per heavy atom. The fourth-order valence-electron chi connectivity index (χ4n) is 0.939. The average Bonchev–Trinajstić information content (AvgIpc) is 2.05. The summed E-state index contributed by atoms with van der Waals surface area (Å²) >= 11 is 4.92. The molecule has 0 aromatic carbocycles. The van der Waals surface area contributed by atoms with E-state index in [-0.39, 0.29) is 5.54 Å². The second kappa shape index (κ2) is 3.30. The van der Waals surface area contributed by atoms with Crippen molar-refractivity contribution in [2.45, 2.75) is 19.4 Å². The Hall–Kier alpha value is -0.790. The van der Waals surface area contributed by atoms with E-state index in [0.717, 1.165) is 0 Å². The molecular formula is C8H13N3S. The van der Waals surface area contributed by atoms with Crippen LogP contribution in [0.15, 0.2) is 0 Å². The monoisotopic (exact) mass is 183 g/mol. The summed E-state index contributed by atoms with van der Waals surface area (Å²) in [5, 5.41) is 6.74. The molecule has 12 heavy (non-hydrogen) atoms. The van der Waals surface area contributed by atoms with Crippen molar-refractivity contribution in [3.63, 3.8) is 0 Å². The molecule has 4 heteroatoms. The van der Waals surface area contributed by atoms with Gasteiger partial charge < -0.3 is 10.6 Å². The van der Waals surface area contributed by atoms with Crippen molar-refractivity contribution in [2.75, 3.05) is 13.3 Å².